The SMILES string of the molecule is COc1ccc(/C=C\c2cc(OC)c(OC)c(OC)c2)cc1OP(=O)(O)O.O=C(O)C1CC(O)CN1. The van der Waals surface area contributed by atoms with E-state index in [2.05, 4.69) is 9.84 Å². The molecule has 0 aromatic heterocycles. The van der Waals surface area contributed by atoms with Crippen LogP contribution in [0.5, 0.6) is 28.7 Å². The highest BCUT2D eigenvalue weighted by Gasteiger charge is 2.27. The maximum atomic E-state index is 11.1. The molecular weight excluding hydrogens is 497 g/mol. The monoisotopic (exact) mass is 527 g/mol. The van der Waals surface area contributed by atoms with E-state index in [4.69, 9.17) is 38.9 Å². The molecule has 0 bridgehead atoms. The van der Waals surface area contributed by atoms with E-state index in [9.17, 15) is 9.36 Å². The van der Waals surface area contributed by atoms with Gasteiger partial charge in [0.15, 0.2) is 23.0 Å². The van der Waals surface area contributed by atoms with Gasteiger partial charge in [0.2, 0.25) is 5.75 Å². The van der Waals surface area contributed by atoms with Gasteiger partial charge in [0.25, 0.3) is 0 Å². The van der Waals surface area contributed by atoms with Crippen molar-refractivity contribution in [1.82, 2.24) is 5.32 Å². The predicted molar refractivity (Wildman–Crippen MR) is 131 cm³/mol. The van der Waals surface area contributed by atoms with Gasteiger partial charge in [-0.25, -0.2) is 4.57 Å². The lowest BCUT2D eigenvalue weighted by Gasteiger charge is -2.13. The summed E-state index contributed by atoms with van der Waals surface area (Å²) in [6, 6.07) is 7.75. The van der Waals surface area contributed by atoms with Crippen LogP contribution in [-0.4, -0.2) is 73.1 Å². The minimum Gasteiger partial charge on any atom is -0.493 e. The molecule has 0 amide bonds. The Bertz CT molecular complexity index is 1090. The summed E-state index contributed by atoms with van der Waals surface area (Å²) in [5.41, 5.74) is 1.42. The number of aliphatic hydroxyl groups is 1. The van der Waals surface area contributed by atoms with E-state index in [0.717, 1.165) is 5.56 Å². The number of hydrogen-bond acceptors (Lipinski definition) is 9. The van der Waals surface area contributed by atoms with Gasteiger partial charge in [0.05, 0.1) is 34.5 Å². The van der Waals surface area contributed by atoms with Gasteiger partial charge >= 0.3 is 13.8 Å². The number of rotatable bonds is 9. The second kappa shape index (κ2) is 13.1. The van der Waals surface area contributed by atoms with Crippen LogP contribution in [0.1, 0.15) is 17.5 Å². The number of aliphatic hydroxyl groups excluding tert-OH is 1. The lowest BCUT2D eigenvalue weighted by atomic mass is 10.1. The first-order valence-corrected chi connectivity index (χ1v) is 12.1. The largest absolute Gasteiger partial charge is 0.524 e. The van der Waals surface area contributed by atoms with Crippen LogP contribution >= 0.6 is 7.82 Å². The summed E-state index contributed by atoms with van der Waals surface area (Å²) in [6.07, 6.45) is 3.38. The number of benzene rings is 2. The number of nitrogens with one attached hydrogen (secondary N) is 1. The highest BCUT2D eigenvalue weighted by Crippen LogP contribution is 2.42. The summed E-state index contributed by atoms with van der Waals surface area (Å²) in [5.74, 6) is 0.778. The standard InChI is InChI=1S/C18H21O8P.C5H9NO3/c1-22-14-8-7-12(9-15(14)26-27(19,20)21)5-6-13-10-16(23-2)18(25-4)17(11-13)24-3;7-3-1-4(5(8)9)6-2-3/h5-11H,1-4H3,(H2,19,20,21);3-4,6-7H,1-2H2,(H,8,9)/b6-5-;. The van der Waals surface area contributed by atoms with Crippen molar-refractivity contribution in [3.8, 4) is 28.7 Å². The van der Waals surface area contributed by atoms with Crippen LogP contribution in [-0.2, 0) is 9.36 Å². The first-order valence-electron chi connectivity index (χ1n) is 10.6. The molecular formula is C23H30NO11P. The first-order chi connectivity index (χ1) is 17.0. The normalized spacial score (nSPS) is 17.2. The number of carbonyl (C=O) groups is 1. The van der Waals surface area contributed by atoms with E-state index < -0.39 is 25.9 Å². The van der Waals surface area contributed by atoms with Crippen LogP contribution in [0.25, 0.3) is 12.2 Å². The summed E-state index contributed by atoms with van der Waals surface area (Å²) in [5, 5.41) is 19.8. The fourth-order valence-corrected chi connectivity index (χ4v) is 3.69. The molecule has 1 heterocycles. The highest BCUT2D eigenvalue weighted by atomic mass is 31.2. The molecule has 0 spiro atoms. The summed E-state index contributed by atoms with van der Waals surface area (Å²) >= 11 is 0. The Morgan fingerprint density at radius 2 is 1.47 bits per heavy atom. The summed E-state index contributed by atoms with van der Waals surface area (Å²) in [7, 11) is 1.26. The molecule has 0 saturated carbocycles. The molecule has 1 fully saturated rings. The van der Waals surface area contributed by atoms with Crippen molar-refractivity contribution in [3.05, 3.63) is 41.5 Å². The Hall–Kier alpha value is -3.28. The number of hydrogen-bond donors (Lipinski definition) is 5. The van der Waals surface area contributed by atoms with Crippen LogP contribution in [0.3, 0.4) is 0 Å². The molecule has 2 aromatic rings. The van der Waals surface area contributed by atoms with Gasteiger partial charge < -0.3 is 39.0 Å². The Balaban J connectivity index is 0.000000425. The van der Waals surface area contributed by atoms with Crippen LogP contribution in [0.2, 0.25) is 0 Å². The number of carboxylic acid groups (broad SMARTS) is 1. The van der Waals surface area contributed by atoms with Crippen LogP contribution in [0, 0.1) is 0 Å². The van der Waals surface area contributed by atoms with E-state index in [-0.39, 0.29) is 11.5 Å². The third kappa shape index (κ3) is 8.43. The Labute approximate surface area is 208 Å². The number of β-amino-alcohol motifs (C(OH)–C–C–N with tert-alkyl or cyclic N) is 1. The maximum Gasteiger partial charge on any atom is 0.524 e. The minimum absolute atomic E-state index is 0.0575. The number of carboxylic acids is 1. The molecule has 1 aliphatic heterocycles. The third-order valence-electron chi connectivity index (χ3n) is 4.97. The van der Waals surface area contributed by atoms with Crippen molar-refractivity contribution in [1.29, 1.82) is 0 Å². The van der Waals surface area contributed by atoms with Gasteiger partial charge in [-0.3, -0.25) is 14.6 Å². The molecule has 198 valence electrons. The van der Waals surface area contributed by atoms with Crippen molar-refractivity contribution >= 4 is 25.9 Å². The molecule has 12 nitrogen and oxygen atoms in total. The van der Waals surface area contributed by atoms with E-state index in [0.29, 0.717) is 35.8 Å². The average molecular weight is 527 g/mol. The van der Waals surface area contributed by atoms with Crippen molar-refractivity contribution in [2.45, 2.75) is 18.6 Å². The van der Waals surface area contributed by atoms with Crippen molar-refractivity contribution < 1.29 is 52.8 Å². The summed E-state index contributed by atoms with van der Waals surface area (Å²) < 4.78 is 36.8. The molecule has 13 heteroatoms. The van der Waals surface area contributed by atoms with E-state index in [1.165, 1.54) is 34.5 Å². The molecule has 3 rings (SSSR count). The van der Waals surface area contributed by atoms with Crippen molar-refractivity contribution in [2.75, 3.05) is 35.0 Å². The van der Waals surface area contributed by atoms with Crippen LogP contribution in [0.4, 0.5) is 0 Å². The lowest BCUT2D eigenvalue weighted by molar-refractivity contribution is -0.139. The molecule has 0 aliphatic carbocycles. The quantitative estimate of drug-likeness (QED) is 0.238. The average Bonchev–Trinajstić information content (AvgIpc) is 3.28. The third-order valence-corrected chi connectivity index (χ3v) is 5.40. The van der Waals surface area contributed by atoms with Gasteiger partial charge in [-0.15, -0.1) is 0 Å². The predicted octanol–water partition coefficient (Wildman–Crippen LogP) is 2.16. The first kappa shape index (κ1) is 29.0. The smallest absolute Gasteiger partial charge is 0.493 e. The Morgan fingerprint density at radius 3 is 1.89 bits per heavy atom. The van der Waals surface area contributed by atoms with E-state index in [1.807, 2.05) is 0 Å². The number of methoxy groups -OCH3 is 4. The zero-order valence-electron chi connectivity index (χ0n) is 20.2. The summed E-state index contributed by atoms with van der Waals surface area (Å²) in [4.78, 5) is 28.2. The van der Waals surface area contributed by atoms with Crippen molar-refractivity contribution in [2.24, 2.45) is 0 Å². The molecule has 1 aliphatic rings. The Kier molecular flexibility index (Phi) is 10.6. The van der Waals surface area contributed by atoms with Gasteiger partial charge in [-0.05, 0) is 35.4 Å². The van der Waals surface area contributed by atoms with Crippen molar-refractivity contribution in [3.63, 3.8) is 0 Å². The Morgan fingerprint density at radius 1 is 0.917 bits per heavy atom. The second-order valence-corrected chi connectivity index (χ2v) is 8.64. The highest BCUT2D eigenvalue weighted by molar-refractivity contribution is 7.46. The van der Waals surface area contributed by atoms with E-state index in [1.54, 1.807) is 36.4 Å². The molecule has 0 radical (unpaired) electrons. The van der Waals surface area contributed by atoms with Gasteiger partial charge in [-0.2, -0.15) is 0 Å². The zero-order valence-corrected chi connectivity index (χ0v) is 21.1. The topological polar surface area (TPSA) is 173 Å². The second-order valence-electron chi connectivity index (χ2n) is 7.47. The fraction of sp³-hybridized carbons (Fsp3) is 0.348. The molecule has 5 N–H and O–H groups in total. The number of phosphoric ester groups is 1. The van der Waals surface area contributed by atoms with Gasteiger partial charge in [0.1, 0.15) is 6.04 Å². The van der Waals surface area contributed by atoms with Crippen LogP contribution < -0.4 is 28.8 Å². The van der Waals surface area contributed by atoms with Gasteiger partial charge in [-0.1, -0.05) is 18.2 Å². The maximum absolute atomic E-state index is 11.1. The number of ether oxygens (including phenoxy) is 4. The van der Waals surface area contributed by atoms with E-state index >= 15 is 0 Å². The zero-order chi connectivity index (χ0) is 26.9. The molecule has 1 saturated heterocycles. The van der Waals surface area contributed by atoms with Gasteiger partial charge in [0, 0.05) is 13.0 Å². The lowest BCUT2D eigenvalue weighted by Crippen LogP contribution is -2.29. The number of aliphatic carboxylic acids is 1. The molecule has 2 atom stereocenters. The minimum atomic E-state index is -4.71. The molecule has 36 heavy (non-hydrogen) atoms. The van der Waals surface area contributed by atoms with Crippen LogP contribution in [0.15, 0.2) is 30.3 Å². The summed E-state index contributed by atoms with van der Waals surface area (Å²) in [6.45, 7) is 0.400. The number of phosphoric acid groups is 1. The molecule has 2 unspecified atom stereocenters. The fourth-order valence-electron chi connectivity index (χ4n) is 3.29. The molecule has 2 aromatic carbocycles.